The smallest absolute Gasteiger partial charge is 0.226 e. The van der Waals surface area contributed by atoms with Crippen LogP contribution in [0, 0.1) is 5.92 Å². The minimum atomic E-state index is -0.239. The van der Waals surface area contributed by atoms with Crippen LogP contribution in [0.2, 0.25) is 5.02 Å². The van der Waals surface area contributed by atoms with Crippen molar-refractivity contribution in [3.8, 4) is 5.82 Å². The fraction of sp³-hybridized carbons (Fsp3) is 0.185. The molecular formula is C27H25ClN6OS. The van der Waals surface area contributed by atoms with Crippen molar-refractivity contribution >= 4 is 46.2 Å². The Morgan fingerprint density at radius 3 is 2.50 bits per heavy atom. The molecule has 1 saturated heterocycles. The lowest BCUT2D eigenvalue weighted by molar-refractivity contribution is -0.118. The maximum absolute atomic E-state index is 12.2. The van der Waals surface area contributed by atoms with Gasteiger partial charge in [-0.2, -0.15) is 0 Å². The molecule has 0 radical (unpaired) electrons. The molecule has 0 saturated carbocycles. The number of aromatic nitrogens is 3. The number of thiocarbonyl (C=S) groups is 1. The molecule has 0 spiro atoms. The van der Waals surface area contributed by atoms with Crippen LogP contribution in [0.3, 0.4) is 0 Å². The van der Waals surface area contributed by atoms with E-state index in [1.54, 1.807) is 12.4 Å². The highest BCUT2D eigenvalue weighted by Gasteiger charge is 2.42. The summed E-state index contributed by atoms with van der Waals surface area (Å²) in [6, 6.07) is 20.8. The summed E-state index contributed by atoms with van der Waals surface area (Å²) in [5.74, 6) is 0.558. The molecule has 0 aliphatic carbocycles. The Balaban J connectivity index is 1.59. The zero-order chi connectivity index (χ0) is 25.2. The molecule has 1 aliphatic heterocycles. The third kappa shape index (κ3) is 4.57. The number of pyridine rings is 2. The number of carbonyl (C=O) groups excluding carboxylic acids is 1. The van der Waals surface area contributed by atoms with E-state index < -0.39 is 0 Å². The van der Waals surface area contributed by atoms with Gasteiger partial charge < -0.3 is 20.1 Å². The predicted molar refractivity (Wildman–Crippen MR) is 146 cm³/mol. The van der Waals surface area contributed by atoms with Crippen molar-refractivity contribution in [2.24, 2.45) is 5.92 Å². The van der Waals surface area contributed by atoms with Crippen molar-refractivity contribution < 1.29 is 4.79 Å². The van der Waals surface area contributed by atoms with E-state index in [2.05, 4.69) is 31.2 Å². The largest absolute Gasteiger partial charge is 0.351 e. The number of rotatable bonds is 6. The number of halogens is 1. The van der Waals surface area contributed by atoms with Crippen molar-refractivity contribution in [1.29, 1.82) is 0 Å². The number of benzene rings is 1. The lowest BCUT2D eigenvalue weighted by Gasteiger charge is -2.29. The van der Waals surface area contributed by atoms with Crippen molar-refractivity contribution in [1.82, 2.24) is 19.9 Å². The number of hydrogen-bond donors (Lipinski definition) is 2. The Bertz CT molecular complexity index is 1390. The van der Waals surface area contributed by atoms with Crippen molar-refractivity contribution in [2.45, 2.75) is 25.9 Å². The molecule has 2 N–H and O–H groups in total. The van der Waals surface area contributed by atoms with Gasteiger partial charge in [-0.1, -0.05) is 37.6 Å². The summed E-state index contributed by atoms with van der Waals surface area (Å²) in [6.07, 6.45) is 5.54. The number of hydrogen-bond acceptors (Lipinski definition) is 4. The summed E-state index contributed by atoms with van der Waals surface area (Å²) in [4.78, 5) is 23.4. The van der Waals surface area contributed by atoms with Gasteiger partial charge in [0.2, 0.25) is 5.91 Å². The molecule has 1 aliphatic rings. The number of amides is 1. The summed E-state index contributed by atoms with van der Waals surface area (Å²) in [6.45, 7) is 3.68. The van der Waals surface area contributed by atoms with E-state index in [9.17, 15) is 4.79 Å². The second-order valence-electron chi connectivity index (χ2n) is 8.80. The first kappa shape index (κ1) is 24.0. The van der Waals surface area contributed by atoms with Gasteiger partial charge >= 0.3 is 0 Å². The number of carbonyl (C=O) groups is 1. The summed E-state index contributed by atoms with van der Waals surface area (Å²) in [5.41, 5.74) is 3.22. The quantitative estimate of drug-likeness (QED) is 0.320. The monoisotopic (exact) mass is 516 g/mol. The lowest BCUT2D eigenvalue weighted by Crippen LogP contribution is -2.30. The van der Waals surface area contributed by atoms with Crippen LogP contribution in [0.25, 0.3) is 5.82 Å². The fourth-order valence-corrected chi connectivity index (χ4v) is 4.87. The lowest BCUT2D eigenvalue weighted by atomic mass is 10.0. The zero-order valence-electron chi connectivity index (χ0n) is 19.8. The molecular weight excluding hydrogens is 492 g/mol. The van der Waals surface area contributed by atoms with E-state index in [-0.39, 0.29) is 23.9 Å². The van der Waals surface area contributed by atoms with Gasteiger partial charge in [-0.15, -0.1) is 0 Å². The van der Waals surface area contributed by atoms with Crippen LogP contribution in [0.4, 0.5) is 11.4 Å². The summed E-state index contributed by atoms with van der Waals surface area (Å²) in [7, 11) is 0. The molecule has 3 aromatic heterocycles. The zero-order valence-corrected chi connectivity index (χ0v) is 21.4. The summed E-state index contributed by atoms with van der Waals surface area (Å²) >= 11 is 12.5. The van der Waals surface area contributed by atoms with Crippen LogP contribution < -0.4 is 15.5 Å². The topological polar surface area (TPSA) is 75.1 Å². The maximum Gasteiger partial charge on any atom is 0.226 e. The van der Waals surface area contributed by atoms with Gasteiger partial charge in [-0.3, -0.25) is 9.78 Å². The van der Waals surface area contributed by atoms with E-state index in [4.69, 9.17) is 23.8 Å². The predicted octanol–water partition coefficient (Wildman–Crippen LogP) is 5.69. The van der Waals surface area contributed by atoms with E-state index in [1.165, 1.54) is 0 Å². The number of nitrogens with zero attached hydrogens (tertiary/aromatic N) is 4. The van der Waals surface area contributed by atoms with E-state index in [0.29, 0.717) is 15.8 Å². The number of anilines is 2. The average molecular weight is 517 g/mol. The van der Waals surface area contributed by atoms with Gasteiger partial charge in [0.05, 0.1) is 22.4 Å². The highest BCUT2D eigenvalue weighted by molar-refractivity contribution is 7.80. The van der Waals surface area contributed by atoms with Crippen molar-refractivity contribution in [2.75, 3.05) is 10.2 Å². The van der Waals surface area contributed by atoms with Crippen LogP contribution in [0.15, 0.2) is 85.3 Å². The van der Waals surface area contributed by atoms with Crippen LogP contribution in [-0.2, 0) is 4.79 Å². The van der Waals surface area contributed by atoms with Crippen molar-refractivity contribution in [3.63, 3.8) is 0 Å². The van der Waals surface area contributed by atoms with Gasteiger partial charge in [0.25, 0.3) is 0 Å². The third-order valence-corrected chi connectivity index (χ3v) is 6.72. The normalized spacial score (nSPS) is 17.3. The van der Waals surface area contributed by atoms with E-state index in [1.807, 2.05) is 85.6 Å². The standard InChI is InChI=1S/C27H25ClN6OS/c1-17(2)26(35)31-20-12-11-18(16-19(20)28)34-25(24(32-27(34)36)21-8-3-5-13-29-21)22-9-7-15-33(22)23-10-4-6-14-30-23/h3-17,24-25H,1-2H3,(H,31,35)(H,32,36)/t24-,25-/m1/s1. The Labute approximate surface area is 220 Å². The Hall–Kier alpha value is -3.75. The number of nitrogens with one attached hydrogen (secondary N) is 2. The summed E-state index contributed by atoms with van der Waals surface area (Å²) in [5, 5.41) is 7.34. The molecule has 4 aromatic rings. The van der Waals surface area contributed by atoms with Gasteiger partial charge in [-0.25, -0.2) is 4.98 Å². The molecule has 1 fully saturated rings. The fourth-order valence-electron chi connectivity index (χ4n) is 4.31. The highest BCUT2D eigenvalue weighted by Crippen LogP contribution is 2.43. The Morgan fingerprint density at radius 2 is 1.83 bits per heavy atom. The van der Waals surface area contributed by atoms with Gasteiger partial charge in [0, 0.05) is 35.9 Å². The Kier molecular flexibility index (Phi) is 6.71. The molecule has 5 rings (SSSR count). The van der Waals surface area contributed by atoms with E-state index >= 15 is 0 Å². The average Bonchev–Trinajstić information content (AvgIpc) is 3.50. The molecule has 9 heteroatoms. The second-order valence-corrected chi connectivity index (χ2v) is 9.59. The maximum atomic E-state index is 12.2. The third-order valence-electron chi connectivity index (χ3n) is 6.09. The highest BCUT2D eigenvalue weighted by atomic mass is 35.5. The molecule has 0 bridgehead atoms. The minimum Gasteiger partial charge on any atom is -0.351 e. The van der Waals surface area contributed by atoms with E-state index in [0.717, 1.165) is 22.9 Å². The molecule has 7 nitrogen and oxygen atoms in total. The molecule has 1 aromatic carbocycles. The van der Waals surface area contributed by atoms with Crippen LogP contribution in [0.1, 0.15) is 37.3 Å². The Morgan fingerprint density at radius 1 is 1.06 bits per heavy atom. The van der Waals surface area contributed by atoms with Gasteiger partial charge in [-0.05, 0) is 66.8 Å². The summed E-state index contributed by atoms with van der Waals surface area (Å²) < 4.78 is 2.06. The van der Waals surface area contributed by atoms with Gasteiger partial charge in [0.1, 0.15) is 11.9 Å². The first-order chi connectivity index (χ1) is 17.4. The molecule has 36 heavy (non-hydrogen) atoms. The van der Waals surface area contributed by atoms with Gasteiger partial charge in [0.15, 0.2) is 5.11 Å². The van der Waals surface area contributed by atoms with Crippen LogP contribution in [-0.4, -0.2) is 25.6 Å². The molecule has 182 valence electrons. The first-order valence-corrected chi connectivity index (χ1v) is 12.4. The van der Waals surface area contributed by atoms with Crippen molar-refractivity contribution in [3.05, 3.63) is 102 Å². The van der Waals surface area contributed by atoms with Crippen LogP contribution in [0.5, 0.6) is 0 Å². The molecule has 4 heterocycles. The SMILES string of the molecule is CC(C)C(=O)Nc1ccc(N2C(=S)N[C@H](c3ccccn3)[C@H]2c2cccn2-c2ccccn2)cc1Cl. The minimum absolute atomic E-state index is 0.0932. The molecule has 2 atom stereocenters. The second kappa shape index (κ2) is 10.1. The molecule has 1 amide bonds. The van der Waals surface area contributed by atoms with Crippen LogP contribution >= 0.6 is 23.8 Å². The molecule has 0 unspecified atom stereocenters. The first-order valence-electron chi connectivity index (χ1n) is 11.6.